The first-order valence-corrected chi connectivity index (χ1v) is 6.47. The van der Waals surface area contributed by atoms with E-state index in [1.807, 2.05) is 26.1 Å². The van der Waals surface area contributed by atoms with Crippen molar-refractivity contribution in [2.24, 2.45) is 10.9 Å². The summed E-state index contributed by atoms with van der Waals surface area (Å²) < 4.78 is 13.7. The van der Waals surface area contributed by atoms with Crippen LogP contribution in [0.5, 0.6) is 0 Å². The average molecular weight is 267 g/mol. The molecule has 0 fully saturated rings. The number of unbranched alkanes of at least 4 members (excludes halogenated alkanes) is 1. The molecule has 19 heavy (non-hydrogen) atoms. The Hall–Kier alpha value is -1.62. The minimum Gasteiger partial charge on any atom is -0.409 e. The lowest BCUT2D eigenvalue weighted by Gasteiger charge is -2.25. The van der Waals surface area contributed by atoms with Crippen LogP contribution >= 0.6 is 0 Å². The van der Waals surface area contributed by atoms with Crippen LogP contribution in [-0.4, -0.2) is 29.5 Å². The van der Waals surface area contributed by atoms with Gasteiger partial charge in [0.05, 0.1) is 0 Å². The SMILES string of the molecule is CC(c1ccccc1F)N(C)CCCCC(N)=NO. The van der Waals surface area contributed by atoms with Gasteiger partial charge in [-0.15, -0.1) is 0 Å². The van der Waals surface area contributed by atoms with Gasteiger partial charge in [0.2, 0.25) is 0 Å². The summed E-state index contributed by atoms with van der Waals surface area (Å²) in [6, 6.07) is 6.87. The highest BCUT2D eigenvalue weighted by atomic mass is 19.1. The lowest BCUT2D eigenvalue weighted by Crippen LogP contribution is -2.24. The van der Waals surface area contributed by atoms with E-state index in [2.05, 4.69) is 10.1 Å². The standard InChI is InChI=1S/C14H22FN3O/c1-11(12-7-3-4-8-13(12)15)18(2)10-6-5-9-14(16)17-19/h3-4,7-8,11,19H,5-6,9-10H2,1-2H3,(H2,16,17). The van der Waals surface area contributed by atoms with E-state index in [9.17, 15) is 4.39 Å². The summed E-state index contributed by atoms with van der Waals surface area (Å²) >= 11 is 0. The maximum absolute atomic E-state index is 13.7. The molecular weight excluding hydrogens is 245 g/mol. The fourth-order valence-corrected chi connectivity index (χ4v) is 1.96. The number of nitrogens with zero attached hydrogens (tertiary/aromatic N) is 2. The molecule has 106 valence electrons. The summed E-state index contributed by atoms with van der Waals surface area (Å²) in [4.78, 5) is 2.10. The summed E-state index contributed by atoms with van der Waals surface area (Å²) in [7, 11) is 1.97. The van der Waals surface area contributed by atoms with E-state index < -0.39 is 0 Å². The van der Waals surface area contributed by atoms with Crippen LogP contribution in [0.15, 0.2) is 29.4 Å². The molecule has 0 amide bonds. The fourth-order valence-electron chi connectivity index (χ4n) is 1.96. The summed E-state index contributed by atoms with van der Waals surface area (Å²) in [6.07, 6.45) is 2.36. The minimum absolute atomic E-state index is 0.0325. The number of benzene rings is 1. The topological polar surface area (TPSA) is 61.8 Å². The van der Waals surface area contributed by atoms with Gasteiger partial charge in [-0.25, -0.2) is 4.39 Å². The average Bonchev–Trinajstić information content (AvgIpc) is 2.42. The molecule has 1 aromatic carbocycles. The van der Waals surface area contributed by atoms with Gasteiger partial charge >= 0.3 is 0 Å². The molecule has 1 atom stereocenters. The fraction of sp³-hybridized carbons (Fsp3) is 0.500. The van der Waals surface area contributed by atoms with E-state index in [0.717, 1.165) is 19.4 Å². The number of hydrogen-bond acceptors (Lipinski definition) is 3. The van der Waals surface area contributed by atoms with Gasteiger partial charge in [0.25, 0.3) is 0 Å². The smallest absolute Gasteiger partial charge is 0.139 e. The molecule has 0 heterocycles. The van der Waals surface area contributed by atoms with Crippen LogP contribution in [0.2, 0.25) is 0 Å². The molecule has 5 heteroatoms. The van der Waals surface area contributed by atoms with Crippen molar-refractivity contribution in [2.45, 2.75) is 32.2 Å². The number of rotatable bonds is 7. The third-order valence-electron chi connectivity index (χ3n) is 3.34. The van der Waals surface area contributed by atoms with Crippen LogP contribution in [0.1, 0.15) is 37.8 Å². The van der Waals surface area contributed by atoms with Crippen molar-refractivity contribution in [3.63, 3.8) is 0 Å². The maximum Gasteiger partial charge on any atom is 0.139 e. The molecule has 0 radical (unpaired) electrons. The predicted molar refractivity (Wildman–Crippen MR) is 74.7 cm³/mol. The Kier molecular flexibility index (Phi) is 6.29. The van der Waals surface area contributed by atoms with Crippen molar-refractivity contribution in [1.82, 2.24) is 4.90 Å². The van der Waals surface area contributed by atoms with Crippen LogP contribution in [-0.2, 0) is 0 Å². The maximum atomic E-state index is 13.7. The number of nitrogens with two attached hydrogens (primary N) is 1. The number of hydrogen-bond donors (Lipinski definition) is 2. The zero-order valence-corrected chi connectivity index (χ0v) is 11.5. The predicted octanol–water partition coefficient (Wildman–Crippen LogP) is 2.74. The van der Waals surface area contributed by atoms with Gasteiger partial charge in [0.1, 0.15) is 11.7 Å². The van der Waals surface area contributed by atoms with Crippen LogP contribution in [0.3, 0.4) is 0 Å². The molecule has 1 rings (SSSR count). The first-order chi connectivity index (χ1) is 9.06. The highest BCUT2D eigenvalue weighted by Gasteiger charge is 2.14. The second-order valence-corrected chi connectivity index (χ2v) is 4.73. The molecule has 1 unspecified atom stereocenters. The van der Waals surface area contributed by atoms with E-state index >= 15 is 0 Å². The Labute approximate surface area is 113 Å². The summed E-state index contributed by atoms with van der Waals surface area (Å²) in [5.74, 6) is 0.0864. The normalized spacial score (nSPS) is 13.8. The molecule has 0 saturated carbocycles. The first kappa shape index (κ1) is 15.4. The molecule has 0 aliphatic rings. The highest BCUT2D eigenvalue weighted by molar-refractivity contribution is 5.79. The zero-order chi connectivity index (χ0) is 14.3. The van der Waals surface area contributed by atoms with Crippen LogP contribution in [0.25, 0.3) is 0 Å². The van der Waals surface area contributed by atoms with E-state index in [1.54, 1.807) is 6.07 Å². The van der Waals surface area contributed by atoms with E-state index in [4.69, 9.17) is 10.9 Å². The van der Waals surface area contributed by atoms with Crippen LogP contribution in [0.4, 0.5) is 4.39 Å². The largest absolute Gasteiger partial charge is 0.409 e. The molecule has 1 aromatic rings. The Morgan fingerprint density at radius 2 is 2.11 bits per heavy atom. The van der Waals surface area contributed by atoms with E-state index in [-0.39, 0.29) is 17.7 Å². The lowest BCUT2D eigenvalue weighted by molar-refractivity contribution is 0.251. The van der Waals surface area contributed by atoms with Gasteiger partial charge in [0.15, 0.2) is 0 Å². The van der Waals surface area contributed by atoms with Crippen molar-refractivity contribution in [2.75, 3.05) is 13.6 Å². The molecule has 4 nitrogen and oxygen atoms in total. The van der Waals surface area contributed by atoms with E-state index in [1.165, 1.54) is 6.07 Å². The highest BCUT2D eigenvalue weighted by Crippen LogP contribution is 2.21. The number of amidine groups is 1. The molecule has 0 saturated heterocycles. The van der Waals surface area contributed by atoms with Crippen LogP contribution < -0.4 is 5.73 Å². The van der Waals surface area contributed by atoms with Gasteiger partial charge in [-0.3, -0.25) is 4.90 Å². The minimum atomic E-state index is -0.168. The Bertz CT molecular complexity index is 423. The Morgan fingerprint density at radius 1 is 1.42 bits per heavy atom. The van der Waals surface area contributed by atoms with Crippen molar-refractivity contribution >= 4 is 5.84 Å². The Balaban J connectivity index is 2.41. The van der Waals surface area contributed by atoms with E-state index in [0.29, 0.717) is 12.0 Å². The summed E-state index contributed by atoms with van der Waals surface area (Å²) in [6.45, 7) is 2.83. The van der Waals surface area contributed by atoms with Gasteiger partial charge in [-0.2, -0.15) is 0 Å². The molecule has 0 aromatic heterocycles. The second kappa shape index (κ2) is 7.74. The summed E-state index contributed by atoms with van der Waals surface area (Å²) in [5.41, 5.74) is 6.11. The van der Waals surface area contributed by atoms with Crippen molar-refractivity contribution in [3.05, 3.63) is 35.6 Å². The van der Waals surface area contributed by atoms with Gasteiger partial charge in [-0.1, -0.05) is 23.4 Å². The second-order valence-electron chi connectivity index (χ2n) is 4.73. The molecule has 0 bridgehead atoms. The molecule has 0 aliphatic carbocycles. The van der Waals surface area contributed by atoms with Crippen LogP contribution in [0, 0.1) is 5.82 Å². The van der Waals surface area contributed by atoms with Crippen molar-refractivity contribution < 1.29 is 9.60 Å². The molecule has 0 aliphatic heterocycles. The molecular formula is C14H22FN3O. The van der Waals surface area contributed by atoms with Gasteiger partial charge in [0, 0.05) is 18.0 Å². The number of oxime groups is 1. The van der Waals surface area contributed by atoms with Crippen molar-refractivity contribution in [3.8, 4) is 0 Å². The summed E-state index contributed by atoms with van der Waals surface area (Å²) in [5, 5.41) is 11.4. The van der Waals surface area contributed by atoms with Crippen molar-refractivity contribution in [1.29, 1.82) is 0 Å². The quantitative estimate of drug-likeness (QED) is 0.262. The van der Waals surface area contributed by atoms with Gasteiger partial charge in [-0.05, 0) is 39.4 Å². The first-order valence-electron chi connectivity index (χ1n) is 6.47. The zero-order valence-electron chi connectivity index (χ0n) is 11.5. The Morgan fingerprint density at radius 3 is 2.74 bits per heavy atom. The monoisotopic (exact) mass is 267 g/mol. The third-order valence-corrected chi connectivity index (χ3v) is 3.34. The third kappa shape index (κ3) is 4.87. The molecule has 3 N–H and O–H groups in total. The lowest BCUT2D eigenvalue weighted by atomic mass is 10.1. The molecule has 0 spiro atoms. The number of halogens is 1. The van der Waals surface area contributed by atoms with Gasteiger partial charge < -0.3 is 10.9 Å².